The average molecular weight is 278 g/mol. The molecule has 0 amide bonds. The van der Waals surface area contributed by atoms with Crippen LogP contribution in [0, 0.1) is 0 Å². The van der Waals surface area contributed by atoms with E-state index in [9.17, 15) is 5.11 Å². The second-order valence-electron chi connectivity index (χ2n) is 6.11. The van der Waals surface area contributed by atoms with Crippen LogP contribution in [-0.2, 0) is 0 Å². The fourth-order valence-corrected chi connectivity index (χ4v) is 2.96. The molecule has 2 atom stereocenters. The van der Waals surface area contributed by atoms with Crippen molar-refractivity contribution in [2.45, 2.75) is 44.4 Å². The quantitative estimate of drug-likeness (QED) is 0.883. The van der Waals surface area contributed by atoms with Gasteiger partial charge in [0.05, 0.1) is 12.7 Å². The summed E-state index contributed by atoms with van der Waals surface area (Å²) in [6, 6.07) is 8.31. The lowest BCUT2D eigenvalue weighted by molar-refractivity contribution is -0.0194. The van der Waals surface area contributed by atoms with Crippen molar-refractivity contribution in [3.63, 3.8) is 0 Å². The summed E-state index contributed by atoms with van der Waals surface area (Å²) in [6.45, 7) is 5.69. The lowest BCUT2D eigenvalue weighted by Gasteiger charge is -2.41. The first kappa shape index (κ1) is 15.3. The molecule has 1 saturated heterocycles. The summed E-state index contributed by atoms with van der Waals surface area (Å²) in [7, 11) is 1.68. The van der Waals surface area contributed by atoms with Crippen molar-refractivity contribution < 1.29 is 9.84 Å². The van der Waals surface area contributed by atoms with E-state index in [4.69, 9.17) is 10.5 Å². The van der Waals surface area contributed by atoms with Crippen LogP contribution in [-0.4, -0.2) is 41.8 Å². The van der Waals surface area contributed by atoms with E-state index in [1.165, 1.54) is 5.56 Å². The highest BCUT2D eigenvalue weighted by Crippen LogP contribution is 2.31. The van der Waals surface area contributed by atoms with Crippen LogP contribution in [0.25, 0.3) is 0 Å². The van der Waals surface area contributed by atoms with Crippen molar-refractivity contribution in [2.24, 2.45) is 5.73 Å². The molecule has 0 spiro atoms. The van der Waals surface area contributed by atoms with Gasteiger partial charge in [-0.2, -0.15) is 0 Å². The highest BCUT2D eigenvalue weighted by atomic mass is 16.5. The number of nitrogens with zero attached hydrogens (tertiary/aromatic N) is 1. The standard InChI is InChI=1S/C16H26N2O2/c1-12(17)15(13-5-4-6-14(11-13)20-3)18-9-7-16(2,19)8-10-18/h4-6,11-12,15,19H,7-10,17H2,1-3H3. The van der Waals surface area contributed by atoms with Crippen molar-refractivity contribution in [2.75, 3.05) is 20.2 Å². The molecule has 4 nitrogen and oxygen atoms in total. The fourth-order valence-electron chi connectivity index (χ4n) is 2.96. The van der Waals surface area contributed by atoms with Crippen molar-refractivity contribution in [3.8, 4) is 5.75 Å². The van der Waals surface area contributed by atoms with E-state index >= 15 is 0 Å². The summed E-state index contributed by atoms with van der Waals surface area (Å²) in [6.07, 6.45) is 1.58. The lowest BCUT2D eigenvalue weighted by atomic mass is 9.90. The molecule has 1 heterocycles. The summed E-state index contributed by atoms with van der Waals surface area (Å²) < 4.78 is 5.31. The molecule has 0 radical (unpaired) electrons. The maximum absolute atomic E-state index is 10.1. The van der Waals surface area contributed by atoms with Gasteiger partial charge >= 0.3 is 0 Å². The van der Waals surface area contributed by atoms with Gasteiger partial charge in [-0.05, 0) is 44.4 Å². The topological polar surface area (TPSA) is 58.7 Å². The van der Waals surface area contributed by atoms with E-state index in [-0.39, 0.29) is 12.1 Å². The Balaban J connectivity index is 2.19. The minimum Gasteiger partial charge on any atom is -0.497 e. The van der Waals surface area contributed by atoms with Crippen LogP contribution in [0.15, 0.2) is 24.3 Å². The molecule has 4 heteroatoms. The third kappa shape index (κ3) is 3.51. The fraction of sp³-hybridized carbons (Fsp3) is 0.625. The molecule has 1 aromatic carbocycles. The Morgan fingerprint density at radius 1 is 1.35 bits per heavy atom. The van der Waals surface area contributed by atoms with E-state index in [2.05, 4.69) is 17.0 Å². The number of ether oxygens (including phenoxy) is 1. The number of piperidine rings is 1. The molecular formula is C16H26N2O2. The van der Waals surface area contributed by atoms with E-state index in [0.29, 0.717) is 0 Å². The van der Waals surface area contributed by atoms with Crippen LogP contribution in [0.5, 0.6) is 5.75 Å². The lowest BCUT2D eigenvalue weighted by Crippen LogP contribution is -2.48. The van der Waals surface area contributed by atoms with Gasteiger partial charge in [0.15, 0.2) is 0 Å². The molecule has 3 N–H and O–H groups in total. The van der Waals surface area contributed by atoms with Crippen LogP contribution >= 0.6 is 0 Å². The molecule has 2 rings (SSSR count). The second kappa shape index (κ2) is 6.12. The van der Waals surface area contributed by atoms with Crippen molar-refractivity contribution in [1.82, 2.24) is 4.90 Å². The van der Waals surface area contributed by atoms with E-state index < -0.39 is 5.60 Å². The number of likely N-dealkylation sites (tertiary alicyclic amines) is 1. The van der Waals surface area contributed by atoms with Gasteiger partial charge in [-0.15, -0.1) is 0 Å². The molecule has 20 heavy (non-hydrogen) atoms. The predicted octanol–water partition coefficient (Wildman–Crippen LogP) is 1.93. The highest BCUT2D eigenvalue weighted by molar-refractivity contribution is 5.31. The van der Waals surface area contributed by atoms with Crippen molar-refractivity contribution in [3.05, 3.63) is 29.8 Å². The zero-order chi connectivity index (χ0) is 14.8. The van der Waals surface area contributed by atoms with E-state index in [0.717, 1.165) is 31.7 Å². The summed E-state index contributed by atoms with van der Waals surface area (Å²) in [5.41, 5.74) is 6.86. The zero-order valence-corrected chi connectivity index (χ0v) is 12.7. The predicted molar refractivity (Wildman–Crippen MR) is 80.8 cm³/mol. The van der Waals surface area contributed by atoms with Crippen LogP contribution in [0.2, 0.25) is 0 Å². The van der Waals surface area contributed by atoms with Gasteiger partial charge in [-0.25, -0.2) is 0 Å². The maximum atomic E-state index is 10.1. The number of hydrogen-bond acceptors (Lipinski definition) is 4. The van der Waals surface area contributed by atoms with Crippen LogP contribution in [0.3, 0.4) is 0 Å². The van der Waals surface area contributed by atoms with E-state index in [1.54, 1.807) is 7.11 Å². The molecule has 1 aromatic rings. The van der Waals surface area contributed by atoms with Gasteiger partial charge in [0.25, 0.3) is 0 Å². The minimum atomic E-state index is -0.534. The Labute approximate surface area is 121 Å². The number of aliphatic hydroxyl groups is 1. The molecule has 1 aliphatic heterocycles. The number of benzene rings is 1. The molecule has 0 saturated carbocycles. The van der Waals surface area contributed by atoms with Crippen LogP contribution in [0.1, 0.15) is 38.3 Å². The first-order valence-electron chi connectivity index (χ1n) is 7.29. The zero-order valence-electron chi connectivity index (χ0n) is 12.7. The Hall–Kier alpha value is -1.10. The molecule has 0 bridgehead atoms. The van der Waals surface area contributed by atoms with Crippen molar-refractivity contribution >= 4 is 0 Å². The van der Waals surface area contributed by atoms with Gasteiger partial charge < -0.3 is 15.6 Å². The molecule has 1 aliphatic rings. The summed E-state index contributed by atoms with van der Waals surface area (Å²) in [5.74, 6) is 0.858. The molecule has 0 aliphatic carbocycles. The third-order valence-electron chi connectivity index (χ3n) is 4.20. The Kier molecular flexibility index (Phi) is 4.68. The maximum Gasteiger partial charge on any atom is 0.119 e. The summed E-state index contributed by atoms with van der Waals surface area (Å²) >= 11 is 0. The van der Waals surface area contributed by atoms with Gasteiger partial charge in [-0.3, -0.25) is 4.90 Å². The number of nitrogens with two attached hydrogens (primary N) is 1. The van der Waals surface area contributed by atoms with E-state index in [1.807, 2.05) is 26.0 Å². The van der Waals surface area contributed by atoms with Gasteiger partial charge in [0.1, 0.15) is 5.75 Å². The normalized spacial score (nSPS) is 22.2. The van der Waals surface area contributed by atoms with Gasteiger partial charge in [-0.1, -0.05) is 12.1 Å². The molecule has 112 valence electrons. The third-order valence-corrected chi connectivity index (χ3v) is 4.20. The van der Waals surface area contributed by atoms with Crippen LogP contribution < -0.4 is 10.5 Å². The Morgan fingerprint density at radius 2 is 2.00 bits per heavy atom. The van der Waals surface area contributed by atoms with Gasteiger partial charge in [0, 0.05) is 25.2 Å². The highest BCUT2D eigenvalue weighted by Gasteiger charge is 2.32. The molecule has 1 fully saturated rings. The average Bonchev–Trinajstić information content (AvgIpc) is 2.41. The first-order chi connectivity index (χ1) is 9.43. The Morgan fingerprint density at radius 3 is 2.55 bits per heavy atom. The molecule has 2 unspecified atom stereocenters. The summed E-state index contributed by atoms with van der Waals surface area (Å²) in [5, 5.41) is 10.1. The SMILES string of the molecule is COc1cccc(C(C(C)N)N2CCC(C)(O)CC2)c1. The van der Waals surface area contributed by atoms with Gasteiger partial charge in [0.2, 0.25) is 0 Å². The smallest absolute Gasteiger partial charge is 0.119 e. The number of hydrogen-bond donors (Lipinski definition) is 2. The second-order valence-corrected chi connectivity index (χ2v) is 6.11. The largest absolute Gasteiger partial charge is 0.497 e. The number of methoxy groups -OCH3 is 1. The molecule has 0 aromatic heterocycles. The number of rotatable bonds is 4. The summed E-state index contributed by atoms with van der Waals surface area (Å²) in [4.78, 5) is 2.37. The van der Waals surface area contributed by atoms with Crippen molar-refractivity contribution in [1.29, 1.82) is 0 Å². The minimum absolute atomic E-state index is 0.0326. The first-order valence-corrected chi connectivity index (χ1v) is 7.29. The monoisotopic (exact) mass is 278 g/mol. The van der Waals surface area contributed by atoms with Crippen LogP contribution in [0.4, 0.5) is 0 Å². The molecular weight excluding hydrogens is 252 g/mol. The Bertz CT molecular complexity index is 436.